The molecule has 3 aromatic rings. The fraction of sp³-hybridized carbons (Fsp3) is 0.318. The number of nitrogens with one attached hydrogen (secondary N) is 2. The van der Waals surface area contributed by atoms with Gasteiger partial charge in [-0.2, -0.15) is 0 Å². The number of imidazole rings is 1. The number of nitrogens with zero attached hydrogens (tertiary/aromatic N) is 4. The van der Waals surface area contributed by atoms with Crippen LogP contribution in [0.25, 0.3) is 0 Å². The largest absolute Gasteiger partial charge is 0.501 e. The molecule has 11 heteroatoms. The van der Waals surface area contributed by atoms with Crippen LogP contribution in [-0.4, -0.2) is 47.9 Å². The van der Waals surface area contributed by atoms with Crippen LogP contribution in [-0.2, 0) is 13.6 Å². The van der Waals surface area contributed by atoms with E-state index >= 15 is 0 Å². The van der Waals surface area contributed by atoms with Crippen molar-refractivity contribution in [2.75, 3.05) is 6.54 Å². The van der Waals surface area contributed by atoms with Crippen molar-refractivity contribution in [1.29, 1.82) is 0 Å². The Morgan fingerprint density at radius 1 is 1.27 bits per heavy atom. The molecule has 1 fully saturated rings. The molecule has 1 unspecified atom stereocenters. The molecule has 2 aromatic heterocycles. The molecule has 0 radical (unpaired) electrons. The number of rotatable bonds is 5. The van der Waals surface area contributed by atoms with Gasteiger partial charge in [0, 0.05) is 32.5 Å². The minimum absolute atomic E-state index is 0.0512. The molecule has 1 saturated heterocycles. The Bertz CT molecular complexity index is 1240. The van der Waals surface area contributed by atoms with Gasteiger partial charge >= 0.3 is 0 Å². The van der Waals surface area contributed by atoms with Gasteiger partial charge in [-0.3, -0.25) is 14.4 Å². The first-order chi connectivity index (χ1) is 15.8. The smallest absolute Gasteiger partial charge is 0.294 e. The molecule has 1 aliphatic rings. The first-order valence-electron chi connectivity index (χ1n) is 10.5. The number of hydrogen-bond donors (Lipinski definition) is 3. The second-order valence-corrected chi connectivity index (χ2v) is 7.83. The molecule has 4 rings (SSSR count). The van der Waals surface area contributed by atoms with Crippen molar-refractivity contribution < 1.29 is 19.1 Å². The Balaban J connectivity index is 1.60. The third-order valence-corrected chi connectivity index (χ3v) is 5.59. The Hall–Kier alpha value is -4.02. The van der Waals surface area contributed by atoms with Gasteiger partial charge in [-0.25, -0.2) is 14.4 Å². The monoisotopic (exact) mass is 454 g/mol. The van der Waals surface area contributed by atoms with Crippen molar-refractivity contribution in [2.45, 2.75) is 31.8 Å². The third kappa shape index (κ3) is 4.61. The maximum absolute atomic E-state index is 13.1. The Morgan fingerprint density at radius 3 is 2.73 bits per heavy atom. The number of likely N-dealkylation sites (tertiary alicyclic amines) is 1. The van der Waals surface area contributed by atoms with Crippen molar-refractivity contribution in [3.8, 4) is 5.75 Å². The summed E-state index contributed by atoms with van der Waals surface area (Å²) in [4.78, 5) is 50.6. The lowest BCUT2D eigenvalue weighted by Gasteiger charge is -2.34. The van der Waals surface area contributed by atoms with Gasteiger partial charge in [-0.15, -0.1) is 0 Å². The zero-order chi connectivity index (χ0) is 23.5. The highest BCUT2D eigenvalue weighted by Gasteiger charge is 2.33. The average molecular weight is 454 g/mol. The number of piperidine rings is 1. The maximum atomic E-state index is 13.1. The van der Waals surface area contributed by atoms with Gasteiger partial charge in [-0.1, -0.05) is 12.1 Å². The summed E-state index contributed by atoms with van der Waals surface area (Å²) in [7, 11) is 1.71. The summed E-state index contributed by atoms with van der Waals surface area (Å²) < 4.78 is 14.7. The van der Waals surface area contributed by atoms with Gasteiger partial charge in [-0.05, 0) is 37.0 Å². The fourth-order valence-electron chi connectivity index (χ4n) is 3.83. The van der Waals surface area contributed by atoms with Crippen LogP contribution in [0.5, 0.6) is 5.75 Å². The number of amides is 2. The van der Waals surface area contributed by atoms with E-state index in [0.29, 0.717) is 18.5 Å². The van der Waals surface area contributed by atoms with Gasteiger partial charge in [0.1, 0.15) is 11.6 Å². The van der Waals surface area contributed by atoms with E-state index in [1.54, 1.807) is 22.7 Å². The highest BCUT2D eigenvalue weighted by Crippen LogP contribution is 2.30. The van der Waals surface area contributed by atoms with E-state index in [9.17, 15) is 23.9 Å². The first-order valence-corrected chi connectivity index (χ1v) is 10.5. The van der Waals surface area contributed by atoms with Crippen LogP contribution in [0.15, 0.2) is 41.5 Å². The van der Waals surface area contributed by atoms with E-state index in [-0.39, 0.29) is 24.1 Å². The third-order valence-electron chi connectivity index (χ3n) is 5.59. The van der Waals surface area contributed by atoms with Crippen molar-refractivity contribution in [1.82, 2.24) is 29.7 Å². The van der Waals surface area contributed by atoms with Gasteiger partial charge in [0.05, 0.1) is 6.04 Å². The second kappa shape index (κ2) is 9.23. The molecule has 0 spiro atoms. The molecule has 3 heterocycles. The van der Waals surface area contributed by atoms with Crippen LogP contribution in [0, 0.1) is 5.82 Å². The Labute approximate surface area is 188 Å². The molecule has 3 N–H and O–H groups in total. The number of aromatic hydroxyl groups is 1. The molecular weight excluding hydrogens is 431 g/mol. The normalized spacial score (nSPS) is 15.9. The maximum Gasteiger partial charge on any atom is 0.294 e. The number of halogens is 1. The van der Waals surface area contributed by atoms with Crippen LogP contribution < -0.4 is 10.9 Å². The number of carbonyl (C=O) groups excluding carboxylic acids is 2. The summed E-state index contributed by atoms with van der Waals surface area (Å²) in [6, 6.07) is 4.96. The summed E-state index contributed by atoms with van der Waals surface area (Å²) in [6.45, 7) is 0.489. The van der Waals surface area contributed by atoms with E-state index in [2.05, 4.69) is 20.3 Å². The SMILES string of the molecule is Cn1ccnc1C(=O)N1CCCCC1c1nc(C(=O)NCc2ccc(F)cc2)c(O)c(=O)[nH]1. The number of H-pyrrole nitrogens is 1. The predicted molar refractivity (Wildman–Crippen MR) is 115 cm³/mol. The zero-order valence-electron chi connectivity index (χ0n) is 17.9. The van der Waals surface area contributed by atoms with Gasteiger partial charge < -0.3 is 24.9 Å². The molecule has 172 valence electrons. The number of aromatic amines is 1. The number of aromatic nitrogens is 4. The summed E-state index contributed by atoms with van der Waals surface area (Å²) in [5.74, 6) is -1.92. The summed E-state index contributed by atoms with van der Waals surface area (Å²) in [5.41, 5.74) is -0.679. The summed E-state index contributed by atoms with van der Waals surface area (Å²) >= 11 is 0. The fourth-order valence-corrected chi connectivity index (χ4v) is 3.83. The quantitative estimate of drug-likeness (QED) is 0.537. The van der Waals surface area contributed by atoms with Crippen LogP contribution in [0.3, 0.4) is 0 Å². The molecule has 1 atom stereocenters. The minimum atomic E-state index is -0.873. The molecule has 33 heavy (non-hydrogen) atoms. The van der Waals surface area contributed by atoms with E-state index in [1.165, 1.54) is 30.5 Å². The van der Waals surface area contributed by atoms with E-state index in [0.717, 1.165) is 12.8 Å². The van der Waals surface area contributed by atoms with E-state index < -0.39 is 34.8 Å². The lowest BCUT2D eigenvalue weighted by atomic mass is 10.0. The van der Waals surface area contributed by atoms with E-state index in [4.69, 9.17) is 0 Å². The zero-order valence-corrected chi connectivity index (χ0v) is 17.9. The van der Waals surface area contributed by atoms with Crippen LogP contribution >= 0.6 is 0 Å². The minimum Gasteiger partial charge on any atom is -0.501 e. The lowest BCUT2D eigenvalue weighted by molar-refractivity contribution is 0.0582. The van der Waals surface area contributed by atoms with Gasteiger partial charge in [0.2, 0.25) is 5.75 Å². The molecular formula is C22H23FN6O4. The van der Waals surface area contributed by atoms with E-state index in [1.807, 2.05) is 0 Å². The molecule has 2 amide bonds. The molecule has 10 nitrogen and oxygen atoms in total. The lowest BCUT2D eigenvalue weighted by Crippen LogP contribution is -2.41. The van der Waals surface area contributed by atoms with Crippen LogP contribution in [0.4, 0.5) is 4.39 Å². The van der Waals surface area contributed by atoms with Gasteiger partial charge in [0.25, 0.3) is 17.4 Å². The van der Waals surface area contributed by atoms with Crippen molar-refractivity contribution >= 4 is 11.8 Å². The van der Waals surface area contributed by atoms with Crippen LogP contribution in [0.1, 0.15) is 57.8 Å². The predicted octanol–water partition coefficient (Wildman–Crippen LogP) is 1.65. The molecule has 0 saturated carbocycles. The van der Waals surface area contributed by atoms with Crippen molar-refractivity contribution in [3.63, 3.8) is 0 Å². The molecule has 0 aliphatic carbocycles. The first kappa shape index (κ1) is 22.2. The number of benzene rings is 1. The topological polar surface area (TPSA) is 133 Å². The average Bonchev–Trinajstić information content (AvgIpc) is 3.25. The Morgan fingerprint density at radius 2 is 2.03 bits per heavy atom. The highest BCUT2D eigenvalue weighted by molar-refractivity contribution is 5.94. The standard InChI is InChI=1S/C22H23FN6O4/c1-28-11-9-24-19(28)22(33)29-10-3-2-4-15(29)18-26-16(17(30)21(32)27-18)20(31)25-12-13-5-7-14(23)8-6-13/h5-9,11,15,30H,2-4,10,12H2,1H3,(H,25,31)(H,26,27,32). The molecule has 1 aliphatic heterocycles. The number of carbonyl (C=O) groups is 2. The van der Waals surface area contributed by atoms with Crippen molar-refractivity contribution in [2.24, 2.45) is 7.05 Å². The molecule has 1 aromatic carbocycles. The summed E-state index contributed by atoms with van der Waals surface area (Å²) in [5, 5.41) is 12.7. The van der Waals surface area contributed by atoms with Crippen LogP contribution in [0.2, 0.25) is 0 Å². The number of aryl methyl sites for hydroxylation is 1. The summed E-state index contributed by atoms with van der Waals surface area (Å²) in [6.07, 6.45) is 5.29. The number of hydrogen-bond acceptors (Lipinski definition) is 6. The van der Waals surface area contributed by atoms with Crippen molar-refractivity contribution in [3.05, 3.63) is 75.7 Å². The van der Waals surface area contributed by atoms with Gasteiger partial charge in [0.15, 0.2) is 11.5 Å². The second-order valence-electron chi connectivity index (χ2n) is 7.83. The molecule has 0 bridgehead atoms. The Kier molecular flexibility index (Phi) is 6.20. The highest BCUT2D eigenvalue weighted by atomic mass is 19.1.